The van der Waals surface area contributed by atoms with Crippen molar-refractivity contribution in [1.82, 2.24) is 9.97 Å². The van der Waals surface area contributed by atoms with Gasteiger partial charge >= 0.3 is 5.97 Å². The highest BCUT2D eigenvalue weighted by molar-refractivity contribution is 6.12. The molecule has 1 amide bonds. The summed E-state index contributed by atoms with van der Waals surface area (Å²) < 4.78 is 6.10. The predicted octanol–water partition coefficient (Wildman–Crippen LogP) is 5.83. The molecule has 0 spiro atoms. The van der Waals surface area contributed by atoms with E-state index in [9.17, 15) is 14.7 Å². The van der Waals surface area contributed by atoms with E-state index >= 15 is 0 Å². The van der Waals surface area contributed by atoms with Crippen LogP contribution in [0.25, 0.3) is 11.1 Å². The van der Waals surface area contributed by atoms with Crippen molar-refractivity contribution >= 4 is 29.2 Å². The molecule has 0 atom stereocenters. The fourth-order valence-electron chi connectivity index (χ4n) is 4.88. The zero-order valence-electron chi connectivity index (χ0n) is 22.4. The first-order valence-corrected chi connectivity index (χ1v) is 12.9. The molecule has 1 aliphatic rings. The average molecular weight is 523 g/mol. The van der Waals surface area contributed by atoms with Gasteiger partial charge in [0.15, 0.2) is 5.82 Å². The molecule has 5 rings (SSSR count). The summed E-state index contributed by atoms with van der Waals surface area (Å²) in [6.07, 6.45) is 4.09. The minimum absolute atomic E-state index is 0.126. The van der Waals surface area contributed by atoms with Gasteiger partial charge in [0.05, 0.1) is 23.4 Å². The van der Waals surface area contributed by atoms with E-state index in [4.69, 9.17) is 4.74 Å². The van der Waals surface area contributed by atoms with Crippen LogP contribution >= 0.6 is 0 Å². The van der Waals surface area contributed by atoms with Crippen molar-refractivity contribution in [3.05, 3.63) is 94.8 Å². The Morgan fingerprint density at radius 2 is 1.79 bits per heavy atom. The molecule has 0 saturated carbocycles. The van der Waals surface area contributed by atoms with Crippen LogP contribution in [0, 0.1) is 13.8 Å². The second kappa shape index (κ2) is 10.6. The van der Waals surface area contributed by atoms with Gasteiger partial charge in [-0.2, -0.15) is 0 Å². The lowest BCUT2D eigenvalue weighted by Crippen LogP contribution is -2.25. The molecule has 1 N–H and O–H groups in total. The van der Waals surface area contributed by atoms with Crippen LogP contribution in [0.4, 0.5) is 17.3 Å². The Bertz CT molecular complexity index is 1580. The summed E-state index contributed by atoms with van der Waals surface area (Å²) in [5.74, 6) is 0.992. The van der Waals surface area contributed by atoms with E-state index in [0.29, 0.717) is 36.8 Å². The molecule has 39 heavy (non-hydrogen) atoms. The van der Waals surface area contributed by atoms with Crippen molar-refractivity contribution in [3.8, 4) is 16.9 Å². The maximum Gasteiger partial charge on any atom is 0.335 e. The normalized spacial score (nSPS) is 12.6. The number of benzene rings is 2. The molecule has 0 saturated heterocycles. The van der Waals surface area contributed by atoms with Gasteiger partial charge in [0.2, 0.25) is 0 Å². The van der Waals surface area contributed by atoms with Crippen LogP contribution in [0.15, 0.2) is 67.0 Å². The van der Waals surface area contributed by atoms with Crippen molar-refractivity contribution in [2.24, 2.45) is 0 Å². The monoisotopic (exact) mass is 522 g/mol. The van der Waals surface area contributed by atoms with Gasteiger partial charge in [0.1, 0.15) is 11.6 Å². The Morgan fingerprint density at radius 1 is 0.974 bits per heavy atom. The molecule has 1 aliphatic heterocycles. The van der Waals surface area contributed by atoms with E-state index in [0.717, 1.165) is 39.3 Å². The fourth-order valence-corrected chi connectivity index (χ4v) is 4.88. The zero-order chi connectivity index (χ0) is 27.7. The summed E-state index contributed by atoms with van der Waals surface area (Å²) in [5, 5.41) is 9.36. The van der Waals surface area contributed by atoms with Gasteiger partial charge in [0, 0.05) is 32.4 Å². The number of anilines is 3. The number of nitrogens with zero attached hydrogens (tertiary/aromatic N) is 4. The van der Waals surface area contributed by atoms with E-state index in [1.165, 1.54) is 0 Å². The first kappa shape index (κ1) is 25.9. The van der Waals surface area contributed by atoms with Gasteiger partial charge in [-0.1, -0.05) is 12.1 Å². The maximum atomic E-state index is 13.4. The largest absolute Gasteiger partial charge is 0.493 e. The van der Waals surface area contributed by atoms with Crippen molar-refractivity contribution in [1.29, 1.82) is 0 Å². The number of aromatic nitrogens is 2. The lowest BCUT2D eigenvalue weighted by atomic mass is 9.96. The highest BCUT2D eigenvalue weighted by Crippen LogP contribution is 2.37. The van der Waals surface area contributed by atoms with Gasteiger partial charge in [-0.3, -0.25) is 4.79 Å². The number of fused-ring (bicyclic) bond motifs is 2. The number of amides is 1. The molecular formula is C31H30N4O4. The number of hydrogen-bond acceptors (Lipinski definition) is 6. The van der Waals surface area contributed by atoms with E-state index in [1.807, 2.05) is 68.1 Å². The Hall–Kier alpha value is -4.72. The molecule has 0 unspecified atom stereocenters. The average Bonchev–Trinajstić information content (AvgIpc) is 3.02. The number of aryl methyl sites for hydroxylation is 2. The van der Waals surface area contributed by atoms with Crippen LogP contribution in [0.1, 0.15) is 44.3 Å². The first-order valence-electron chi connectivity index (χ1n) is 12.9. The van der Waals surface area contributed by atoms with Gasteiger partial charge in [-0.05, 0) is 91.1 Å². The van der Waals surface area contributed by atoms with Crippen LogP contribution in [0.2, 0.25) is 0 Å². The molecule has 2 aromatic heterocycles. The number of aromatic carboxylic acids is 1. The van der Waals surface area contributed by atoms with E-state index < -0.39 is 5.97 Å². The van der Waals surface area contributed by atoms with Gasteiger partial charge < -0.3 is 19.6 Å². The zero-order valence-corrected chi connectivity index (χ0v) is 22.4. The Balaban J connectivity index is 1.33. The first-order chi connectivity index (χ1) is 18.8. The Kier molecular flexibility index (Phi) is 7.02. The number of carbonyl (C=O) groups excluding carboxylic acids is 1. The third kappa shape index (κ3) is 4.93. The number of ether oxygens (including phenoxy) is 1. The predicted molar refractivity (Wildman–Crippen MR) is 151 cm³/mol. The minimum Gasteiger partial charge on any atom is -0.493 e. The van der Waals surface area contributed by atoms with Crippen molar-refractivity contribution in [2.45, 2.75) is 27.2 Å². The highest BCUT2D eigenvalue weighted by atomic mass is 16.5. The van der Waals surface area contributed by atoms with E-state index in [1.54, 1.807) is 36.5 Å². The fraction of sp³-hybridized carbons (Fsp3) is 0.226. The number of carbonyl (C=O) groups is 2. The third-order valence-corrected chi connectivity index (χ3v) is 7.03. The molecule has 8 nitrogen and oxygen atoms in total. The summed E-state index contributed by atoms with van der Waals surface area (Å²) in [6, 6.07) is 16.6. The lowest BCUT2D eigenvalue weighted by molar-refractivity contribution is 0.0696. The standard InChI is InChI=1S/C31H30N4O4/c1-5-35-28-25(30(36)34(4)26-7-6-13-32-29(26)35)16-21(18-33-28)12-14-39-27-11-10-22(15-20(27)3)24-17-23(31(37)38)9-8-19(24)2/h6-11,13,15-18H,5,12,14H2,1-4H3,(H,37,38). The molecule has 0 bridgehead atoms. The van der Waals surface area contributed by atoms with E-state index in [-0.39, 0.29) is 11.5 Å². The number of hydrogen-bond donors (Lipinski definition) is 1. The summed E-state index contributed by atoms with van der Waals surface area (Å²) in [6.45, 7) is 6.99. The number of carboxylic acid groups (broad SMARTS) is 1. The third-order valence-electron chi connectivity index (χ3n) is 7.03. The number of rotatable bonds is 7. The second-order valence-electron chi connectivity index (χ2n) is 9.58. The molecule has 3 heterocycles. The molecule has 0 radical (unpaired) electrons. The molecule has 2 aromatic carbocycles. The summed E-state index contributed by atoms with van der Waals surface area (Å²) in [4.78, 5) is 37.5. The van der Waals surface area contributed by atoms with Crippen molar-refractivity contribution in [2.75, 3.05) is 30.0 Å². The summed E-state index contributed by atoms with van der Waals surface area (Å²) in [5.41, 5.74) is 6.22. The van der Waals surface area contributed by atoms with Crippen molar-refractivity contribution < 1.29 is 19.4 Å². The Labute approximate surface area is 227 Å². The number of carboxylic acids is 1. The van der Waals surface area contributed by atoms with Gasteiger partial charge in [-0.15, -0.1) is 0 Å². The smallest absolute Gasteiger partial charge is 0.335 e. The minimum atomic E-state index is -0.947. The molecule has 0 fully saturated rings. The van der Waals surface area contributed by atoms with Crippen molar-refractivity contribution in [3.63, 3.8) is 0 Å². The SMILES string of the molecule is CCN1c2ncc(CCOc3ccc(-c4cc(C(=O)O)ccc4C)cc3C)cc2C(=O)N(C)c2cccnc21. The molecule has 0 aliphatic carbocycles. The van der Waals surface area contributed by atoms with Crippen LogP contribution in [-0.4, -0.2) is 47.2 Å². The number of pyridine rings is 2. The quantitative estimate of drug-likeness (QED) is 0.326. The van der Waals surface area contributed by atoms with Crippen LogP contribution in [0.5, 0.6) is 5.75 Å². The maximum absolute atomic E-state index is 13.4. The Morgan fingerprint density at radius 3 is 2.54 bits per heavy atom. The van der Waals surface area contributed by atoms with E-state index in [2.05, 4.69) is 9.97 Å². The van der Waals surface area contributed by atoms with Crippen LogP contribution < -0.4 is 14.5 Å². The molecule has 4 aromatic rings. The van der Waals surface area contributed by atoms with Gasteiger partial charge in [0.25, 0.3) is 5.91 Å². The highest BCUT2D eigenvalue weighted by Gasteiger charge is 2.30. The molecule has 198 valence electrons. The van der Waals surface area contributed by atoms with Gasteiger partial charge in [-0.25, -0.2) is 14.8 Å². The second-order valence-corrected chi connectivity index (χ2v) is 9.58. The molecule has 8 heteroatoms. The van der Waals surface area contributed by atoms with Crippen LogP contribution in [0.3, 0.4) is 0 Å². The lowest BCUT2D eigenvalue weighted by Gasteiger charge is -2.22. The summed E-state index contributed by atoms with van der Waals surface area (Å²) >= 11 is 0. The van der Waals surface area contributed by atoms with Crippen LogP contribution in [-0.2, 0) is 6.42 Å². The summed E-state index contributed by atoms with van der Waals surface area (Å²) in [7, 11) is 1.76. The molecular weight excluding hydrogens is 492 g/mol. The topological polar surface area (TPSA) is 95.9 Å².